The first-order valence-electron chi connectivity index (χ1n) is 9.31. The second-order valence-corrected chi connectivity index (χ2v) is 7.06. The SMILES string of the molecule is CC(C(=O)Nc1nc(C2CCNCC2)nn1C)N1CCCCCC1. The Labute approximate surface area is 144 Å². The summed E-state index contributed by atoms with van der Waals surface area (Å²) in [6.45, 7) is 6.03. The van der Waals surface area contributed by atoms with Gasteiger partial charge in [0.25, 0.3) is 0 Å². The third-order valence-electron chi connectivity index (χ3n) is 5.29. The highest BCUT2D eigenvalue weighted by Crippen LogP contribution is 2.23. The molecule has 1 amide bonds. The lowest BCUT2D eigenvalue weighted by molar-refractivity contribution is -0.120. The Morgan fingerprint density at radius 1 is 1.21 bits per heavy atom. The largest absolute Gasteiger partial charge is 0.317 e. The van der Waals surface area contributed by atoms with Gasteiger partial charge in [0.1, 0.15) is 0 Å². The summed E-state index contributed by atoms with van der Waals surface area (Å²) in [6, 6.07) is -0.123. The molecule has 1 atom stereocenters. The third-order valence-corrected chi connectivity index (χ3v) is 5.29. The van der Waals surface area contributed by atoms with Gasteiger partial charge in [0.15, 0.2) is 5.82 Å². The van der Waals surface area contributed by atoms with Gasteiger partial charge in [0.2, 0.25) is 11.9 Å². The predicted molar refractivity (Wildman–Crippen MR) is 94.0 cm³/mol. The van der Waals surface area contributed by atoms with Crippen LogP contribution in [0.15, 0.2) is 0 Å². The molecule has 1 aromatic rings. The number of piperidine rings is 1. The molecule has 134 valence electrons. The molecule has 2 aliphatic rings. The van der Waals surface area contributed by atoms with Crippen molar-refractivity contribution in [2.24, 2.45) is 7.05 Å². The van der Waals surface area contributed by atoms with E-state index in [1.54, 1.807) is 4.68 Å². The number of hydrogen-bond acceptors (Lipinski definition) is 5. The Balaban J connectivity index is 1.62. The van der Waals surface area contributed by atoms with Gasteiger partial charge in [0, 0.05) is 13.0 Å². The van der Waals surface area contributed by atoms with Gasteiger partial charge in [-0.3, -0.25) is 15.0 Å². The van der Waals surface area contributed by atoms with Crippen molar-refractivity contribution in [1.82, 2.24) is 25.0 Å². The van der Waals surface area contributed by atoms with E-state index >= 15 is 0 Å². The van der Waals surface area contributed by atoms with E-state index in [2.05, 4.69) is 25.6 Å². The molecule has 24 heavy (non-hydrogen) atoms. The summed E-state index contributed by atoms with van der Waals surface area (Å²) in [5, 5.41) is 10.9. The first kappa shape index (κ1) is 17.4. The van der Waals surface area contributed by atoms with Crippen molar-refractivity contribution in [3.63, 3.8) is 0 Å². The summed E-state index contributed by atoms with van der Waals surface area (Å²) in [5.41, 5.74) is 0. The van der Waals surface area contributed by atoms with Crippen molar-refractivity contribution in [3.8, 4) is 0 Å². The average molecular weight is 334 g/mol. The molecule has 0 aliphatic carbocycles. The van der Waals surface area contributed by atoms with Gasteiger partial charge in [-0.15, -0.1) is 0 Å². The van der Waals surface area contributed by atoms with Crippen LogP contribution in [0, 0.1) is 0 Å². The Bertz CT molecular complexity index is 543. The molecule has 3 heterocycles. The summed E-state index contributed by atoms with van der Waals surface area (Å²) >= 11 is 0. The van der Waals surface area contributed by atoms with E-state index in [1.807, 2.05) is 14.0 Å². The van der Waals surface area contributed by atoms with Crippen LogP contribution in [0.25, 0.3) is 0 Å². The first-order chi connectivity index (χ1) is 11.6. The smallest absolute Gasteiger partial charge is 0.243 e. The standard InChI is InChI=1S/C17H30N6O/c1-13(23-11-5-3-4-6-12-23)16(24)20-17-19-15(21-22(17)2)14-7-9-18-10-8-14/h13-14,18H,3-12H2,1-2H3,(H,19,20,21,24). The highest BCUT2D eigenvalue weighted by molar-refractivity contribution is 5.93. The summed E-state index contributed by atoms with van der Waals surface area (Å²) in [4.78, 5) is 19.5. The first-order valence-corrected chi connectivity index (χ1v) is 9.31. The van der Waals surface area contributed by atoms with E-state index in [-0.39, 0.29) is 11.9 Å². The molecule has 2 N–H and O–H groups in total. The Hall–Kier alpha value is -1.47. The van der Waals surface area contributed by atoms with Gasteiger partial charge in [-0.25, -0.2) is 4.68 Å². The number of likely N-dealkylation sites (tertiary alicyclic amines) is 1. The van der Waals surface area contributed by atoms with Crippen LogP contribution in [-0.4, -0.2) is 57.8 Å². The minimum atomic E-state index is -0.123. The van der Waals surface area contributed by atoms with Gasteiger partial charge < -0.3 is 5.32 Å². The highest BCUT2D eigenvalue weighted by atomic mass is 16.2. The number of nitrogens with one attached hydrogen (secondary N) is 2. The van der Waals surface area contributed by atoms with Crippen molar-refractivity contribution in [1.29, 1.82) is 0 Å². The molecule has 1 unspecified atom stereocenters. The lowest BCUT2D eigenvalue weighted by Gasteiger charge is -2.26. The molecule has 2 fully saturated rings. The molecule has 0 bridgehead atoms. The molecule has 0 spiro atoms. The fraction of sp³-hybridized carbons (Fsp3) is 0.824. The number of carbonyl (C=O) groups excluding carboxylic acids is 1. The topological polar surface area (TPSA) is 75.1 Å². The van der Waals surface area contributed by atoms with E-state index in [0.717, 1.165) is 44.8 Å². The molecule has 0 radical (unpaired) electrons. The number of hydrogen-bond donors (Lipinski definition) is 2. The monoisotopic (exact) mass is 334 g/mol. The molecule has 7 heteroatoms. The number of nitrogens with zero attached hydrogens (tertiary/aromatic N) is 4. The van der Waals surface area contributed by atoms with Gasteiger partial charge in [-0.05, 0) is 58.8 Å². The van der Waals surface area contributed by atoms with Crippen molar-refractivity contribution >= 4 is 11.9 Å². The average Bonchev–Trinajstić information content (AvgIpc) is 2.80. The molecule has 0 saturated carbocycles. The van der Waals surface area contributed by atoms with Gasteiger partial charge in [0.05, 0.1) is 6.04 Å². The fourth-order valence-electron chi connectivity index (χ4n) is 3.63. The van der Waals surface area contributed by atoms with Crippen LogP contribution in [0.1, 0.15) is 57.2 Å². The number of anilines is 1. The number of aromatic nitrogens is 3. The van der Waals surface area contributed by atoms with E-state index in [0.29, 0.717) is 11.9 Å². The molecule has 3 rings (SSSR count). The molecule has 7 nitrogen and oxygen atoms in total. The Morgan fingerprint density at radius 3 is 2.54 bits per heavy atom. The summed E-state index contributed by atoms with van der Waals surface area (Å²) < 4.78 is 1.70. The predicted octanol–water partition coefficient (Wildman–Crippen LogP) is 1.49. The van der Waals surface area contributed by atoms with Crippen LogP contribution in [0.3, 0.4) is 0 Å². The third kappa shape index (κ3) is 4.13. The Kier molecular flexibility index (Phi) is 5.84. The van der Waals surface area contributed by atoms with Crippen molar-refractivity contribution < 1.29 is 4.79 Å². The number of amides is 1. The van der Waals surface area contributed by atoms with Crippen LogP contribution in [-0.2, 0) is 11.8 Å². The quantitative estimate of drug-likeness (QED) is 0.872. The molecular weight excluding hydrogens is 304 g/mol. The van der Waals surface area contributed by atoms with Gasteiger partial charge in [-0.2, -0.15) is 10.1 Å². The summed E-state index contributed by atoms with van der Waals surface area (Å²) in [6.07, 6.45) is 7.02. The van der Waals surface area contributed by atoms with Crippen LogP contribution in [0.4, 0.5) is 5.95 Å². The zero-order valence-electron chi connectivity index (χ0n) is 14.9. The lowest BCUT2D eigenvalue weighted by Crippen LogP contribution is -2.42. The van der Waals surface area contributed by atoms with E-state index in [1.165, 1.54) is 25.7 Å². The minimum absolute atomic E-state index is 0.0178. The Morgan fingerprint density at radius 2 is 1.88 bits per heavy atom. The molecular formula is C17H30N6O. The minimum Gasteiger partial charge on any atom is -0.317 e. The number of carbonyl (C=O) groups is 1. The fourth-order valence-corrected chi connectivity index (χ4v) is 3.63. The van der Waals surface area contributed by atoms with Crippen LogP contribution < -0.4 is 10.6 Å². The van der Waals surface area contributed by atoms with Crippen LogP contribution in [0.5, 0.6) is 0 Å². The highest BCUT2D eigenvalue weighted by Gasteiger charge is 2.25. The van der Waals surface area contributed by atoms with Gasteiger partial charge >= 0.3 is 0 Å². The van der Waals surface area contributed by atoms with E-state index < -0.39 is 0 Å². The lowest BCUT2D eigenvalue weighted by atomic mass is 9.98. The zero-order valence-corrected chi connectivity index (χ0v) is 14.9. The maximum atomic E-state index is 12.6. The maximum Gasteiger partial charge on any atom is 0.243 e. The summed E-state index contributed by atoms with van der Waals surface area (Å²) in [7, 11) is 1.85. The molecule has 2 aliphatic heterocycles. The molecule has 2 saturated heterocycles. The number of rotatable bonds is 4. The summed E-state index contributed by atoms with van der Waals surface area (Å²) in [5.74, 6) is 1.84. The van der Waals surface area contributed by atoms with Crippen molar-refractivity contribution in [3.05, 3.63) is 5.82 Å². The van der Waals surface area contributed by atoms with E-state index in [4.69, 9.17) is 0 Å². The second kappa shape index (κ2) is 8.07. The normalized spacial score (nSPS) is 22.1. The maximum absolute atomic E-state index is 12.6. The van der Waals surface area contributed by atoms with Crippen molar-refractivity contribution in [2.45, 2.75) is 57.4 Å². The zero-order chi connectivity index (χ0) is 16.9. The van der Waals surface area contributed by atoms with Crippen molar-refractivity contribution in [2.75, 3.05) is 31.5 Å². The van der Waals surface area contributed by atoms with Crippen LogP contribution in [0.2, 0.25) is 0 Å². The number of aryl methyl sites for hydroxylation is 1. The van der Waals surface area contributed by atoms with Gasteiger partial charge in [-0.1, -0.05) is 12.8 Å². The van der Waals surface area contributed by atoms with E-state index in [9.17, 15) is 4.79 Å². The molecule has 1 aromatic heterocycles. The second-order valence-electron chi connectivity index (χ2n) is 7.06. The van der Waals surface area contributed by atoms with Crippen LogP contribution >= 0.6 is 0 Å². The molecule has 0 aromatic carbocycles.